The molecule has 0 unspecified atom stereocenters. The molecule has 0 heterocycles. The van der Waals surface area contributed by atoms with Crippen molar-refractivity contribution < 1.29 is 4.84 Å². The molecular formula is C5H10NO. The van der Waals surface area contributed by atoms with Crippen LogP contribution in [-0.2, 0) is 4.84 Å². The standard InChI is InChI=1S/C5H10NO/c1-4-6-7-5(2)3/h5H,1-3H3. The van der Waals surface area contributed by atoms with Gasteiger partial charge >= 0.3 is 0 Å². The van der Waals surface area contributed by atoms with Gasteiger partial charge in [0, 0.05) is 0 Å². The molecule has 0 aliphatic rings. The zero-order valence-corrected chi connectivity index (χ0v) is 4.93. The number of hydrogen-bond donors (Lipinski definition) is 0. The van der Waals surface area contributed by atoms with Gasteiger partial charge in [-0.3, -0.25) is 0 Å². The maximum atomic E-state index is 4.70. The monoisotopic (exact) mass is 100 g/mol. The lowest BCUT2D eigenvalue weighted by molar-refractivity contribution is 0.0871. The Kier molecular flexibility index (Phi) is 3.38. The summed E-state index contributed by atoms with van der Waals surface area (Å²) in [7, 11) is 0. The van der Waals surface area contributed by atoms with Crippen LogP contribution in [0, 0.1) is 0 Å². The minimum Gasteiger partial charge on any atom is -0.393 e. The van der Waals surface area contributed by atoms with Crippen LogP contribution in [0.3, 0.4) is 0 Å². The minimum absolute atomic E-state index is 0.174. The van der Waals surface area contributed by atoms with Crippen LogP contribution in [0.5, 0.6) is 0 Å². The molecule has 0 bridgehead atoms. The third kappa shape index (κ3) is 5.47. The highest BCUT2D eigenvalue weighted by molar-refractivity contribution is 5.52. The van der Waals surface area contributed by atoms with Crippen LogP contribution in [0.2, 0.25) is 0 Å². The van der Waals surface area contributed by atoms with Crippen molar-refractivity contribution >= 4 is 6.21 Å². The Balaban J connectivity index is 2.97. The molecular weight excluding hydrogens is 90.1 g/mol. The van der Waals surface area contributed by atoms with Gasteiger partial charge in [-0.15, -0.1) is 0 Å². The highest BCUT2D eigenvalue weighted by atomic mass is 16.6. The first-order valence-corrected chi connectivity index (χ1v) is 2.30. The molecule has 0 atom stereocenters. The zero-order chi connectivity index (χ0) is 5.70. The van der Waals surface area contributed by atoms with Crippen LogP contribution in [0.1, 0.15) is 20.8 Å². The van der Waals surface area contributed by atoms with Gasteiger partial charge in [0.05, 0.1) is 0 Å². The predicted molar refractivity (Wildman–Crippen MR) is 29.3 cm³/mol. The van der Waals surface area contributed by atoms with Gasteiger partial charge in [0.15, 0.2) is 0 Å². The molecule has 0 aromatic carbocycles. The maximum absolute atomic E-state index is 4.70. The van der Waals surface area contributed by atoms with Gasteiger partial charge in [-0.05, 0) is 20.8 Å². The first-order chi connectivity index (χ1) is 3.27. The second-order valence-electron chi connectivity index (χ2n) is 1.47. The number of hydrogen-bond acceptors (Lipinski definition) is 2. The second-order valence-corrected chi connectivity index (χ2v) is 1.47. The Morgan fingerprint density at radius 3 is 2.29 bits per heavy atom. The molecule has 41 valence electrons. The summed E-state index contributed by atoms with van der Waals surface area (Å²) in [6.07, 6.45) is 2.68. The van der Waals surface area contributed by atoms with Gasteiger partial charge in [0.1, 0.15) is 12.3 Å². The second kappa shape index (κ2) is 3.65. The average molecular weight is 100 g/mol. The summed E-state index contributed by atoms with van der Waals surface area (Å²) in [5, 5.41) is 3.42. The van der Waals surface area contributed by atoms with Gasteiger partial charge in [-0.2, -0.15) is 0 Å². The fourth-order valence-electron chi connectivity index (χ4n) is 0.158. The SMILES string of the molecule is C[C]=NOC(C)C. The molecule has 0 fully saturated rings. The first kappa shape index (κ1) is 6.47. The summed E-state index contributed by atoms with van der Waals surface area (Å²) in [5.74, 6) is 0. The van der Waals surface area contributed by atoms with E-state index in [-0.39, 0.29) is 6.10 Å². The van der Waals surface area contributed by atoms with E-state index >= 15 is 0 Å². The fraction of sp³-hybridized carbons (Fsp3) is 0.800. The normalized spacial score (nSPS) is 10.9. The Hall–Kier alpha value is -0.530. The molecule has 0 saturated carbocycles. The Labute approximate surface area is 44.2 Å². The molecule has 0 aromatic rings. The molecule has 0 aliphatic heterocycles. The third-order valence-corrected chi connectivity index (χ3v) is 0.355. The van der Waals surface area contributed by atoms with Crippen LogP contribution in [0.15, 0.2) is 5.16 Å². The molecule has 0 saturated heterocycles. The van der Waals surface area contributed by atoms with Gasteiger partial charge in [0.2, 0.25) is 0 Å². The Morgan fingerprint density at radius 1 is 1.57 bits per heavy atom. The van der Waals surface area contributed by atoms with Gasteiger partial charge in [-0.1, -0.05) is 5.16 Å². The lowest BCUT2D eigenvalue weighted by atomic mass is 10.5. The summed E-state index contributed by atoms with van der Waals surface area (Å²) in [6.45, 7) is 5.53. The van der Waals surface area contributed by atoms with Gasteiger partial charge in [0.25, 0.3) is 0 Å². The minimum atomic E-state index is 0.174. The quantitative estimate of drug-likeness (QED) is 0.378. The summed E-state index contributed by atoms with van der Waals surface area (Å²) in [4.78, 5) is 4.70. The first-order valence-electron chi connectivity index (χ1n) is 2.30. The molecule has 0 aromatic heterocycles. The van der Waals surface area contributed by atoms with Crippen molar-refractivity contribution in [1.29, 1.82) is 0 Å². The molecule has 0 N–H and O–H groups in total. The van der Waals surface area contributed by atoms with E-state index in [1.807, 2.05) is 13.8 Å². The van der Waals surface area contributed by atoms with E-state index in [0.717, 1.165) is 0 Å². The molecule has 0 aliphatic carbocycles. The van der Waals surface area contributed by atoms with E-state index in [0.29, 0.717) is 0 Å². The van der Waals surface area contributed by atoms with E-state index < -0.39 is 0 Å². The van der Waals surface area contributed by atoms with E-state index in [1.54, 1.807) is 6.92 Å². The van der Waals surface area contributed by atoms with Crippen LogP contribution in [0.25, 0.3) is 0 Å². The van der Waals surface area contributed by atoms with Crippen LogP contribution >= 0.6 is 0 Å². The summed E-state index contributed by atoms with van der Waals surface area (Å²) in [6, 6.07) is 0. The molecule has 0 spiro atoms. The summed E-state index contributed by atoms with van der Waals surface area (Å²) in [5.41, 5.74) is 0. The predicted octanol–water partition coefficient (Wildman–Crippen LogP) is 1.29. The summed E-state index contributed by atoms with van der Waals surface area (Å²) >= 11 is 0. The largest absolute Gasteiger partial charge is 0.393 e. The number of rotatable bonds is 2. The summed E-state index contributed by atoms with van der Waals surface area (Å²) < 4.78 is 0. The molecule has 2 nitrogen and oxygen atoms in total. The van der Waals surface area contributed by atoms with Crippen molar-refractivity contribution in [1.82, 2.24) is 0 Å². The van der Waals surface area contributed by atoms with Crippen molar-refractivity contribution in [2.75, 3.05) is 0 Å². The van der Waals surface area contributed by atoms with E-state index in [1.165, 1.54) is 0 Å². The molecule has 0 amide bonds. The van der Waals surface area contributed by atoms with Crippen molar-refractivity contribution in [3.05, 3.63) is 0 Å². The topological polar surface area (TPSA) is 21.6 Å². The van der Waals surface area contributed by atoms with E-state index in [2.05, 4.69) is 11.4 Å². The van der Waals surface area contributed by atoms with Gasteiger partial charge in [-0.25, -0.2) is 0 Å². The van der Waals surface area contributed by atoms with Crippen LogP contribution in [-0.4, -0.2) is 12.3 Å². The number of nitrogens with zero attached hydrogens (tertiary/aromatic N) is 1. The highest BCUT2D eigenvalue weighted by Gasteiger charge is 1.84. The average Bonchev–Trinajstić information content (AvgIpc) is 1.61. The van der Waals surface area contributed by atoms with E-state index in [4.69, 9.17) is 4.84 Å². The Bertz CT molecular complexity index is 59.1. The van der Waals surface area contributed by atoms with Crippen molar-refractivity contribution in [2.24, 2.45) is 5.16 Å². The third-order valence-electron chi connectivity index (χ3n) is 0.355. The van der Waals surface area contributed by atoms with Crippen molar-refractivity contribution in [3.63, 3.8) is 0 Å². The highest BCUT2D eigenvalue weighted by Crippen LogP contribution is 1.84. The maximum Gasteiger partial charge on any atom is 0.122 e. The van der Waals surface area contributed by atoms with Gasteiger partial charge < -0.3 is 4.84 Å². The molecule has 7 heavy (non-hydrogen) atoms. The fourth-order valence-corrected chi connectivity index (χ4v) is 0.158. The van der Waals surface area contributed by atoms with Crippen molar-refractivity contribution in [3.8, 4) is 0 Å². The van der Waals surface area contributed by atoms with E-state index in [9.17, 15) is 0 Å². The lowest BCUT2D eigenvalue weighted by Gasteiger charge is -1.97. The van der Waals surface area contributed by atoms with Crippen LogP contribution in [0.4, 0.5) is 0 Å². The molecule has 2 heteroatoms. The zero-order valence-electron chi connectivity index (χ0n) is 4.93. The van der Waals surface area contributed by atoms with Crippen molar-refractivity contribution in [2.45, 2.75) is 26.9 Å². The molecule has 1 radical (unpaired) electrons. The molecule has 0 rings (SSSR count). The lowest BCUT2D eigenvalue weighted by Crippen LogP contribution is -1.94. The smallest absolute Gasteiger partial charge is 0.122 e. The van der Waals surface area contributed by atoms with Crippen LogP contribution < -0.4 is 0 Å². The Morgan fingerprint density at radius 2 is 2.14 bits per heavy atom.